The summed E-state index contributed by atoms with van der Waals surface area (Å²) in [6, 6.07) is 7.52. The Labute approximate surface area is 140 Å². The molecule has 126 valence electrons. The van der Waals surface area contributed by atoms with E-state index in [1.807, 2.05) is 24.3 Å². The van der Waals surface area contributed by atoms with E-state index in [1.54, 1.807) is 4.57 Å². The first-order valence-electron chi connectivity index (χ1n) is 7.85. The van der Waals surface area contributed by atoms with Crippen molar-refractivity contribution < 1.29 is 4.79 Å². The molecule has 1 aromatic carbocycles. The summed E-state index contributed by atoms with van der Waals surface area (Å²) in [5.41, 5.74) is 6.96. The Balaban J connectivity index is 0.00000192. The predicted octanol–water partition coefficient (Wildman–Crippen LogP) is 1.53. The molecule has 1 aliphatic rings. The van der Waals surface area contributed by atoms with Gasteiger partial charge in [0.1, 0.15) is 0 Å². The summed E-state index contributed by atoms with van der Waals surface area (Å²) in [7, 11) is 0. The molecule has 0 spiro atoms. The third-order valence-electron chi connectivity index (χ3n) is 4.50. The average Bonchev–Trinajstić information content (AvgIpc) is 2.84. The minimum absolute atomic E-state index is 0. The quantitative estimate of drug-likeness (QED) is 0.789. The topological polar surface area (TPSA) is 92.9 Å². The van der Waals surface area contributed by atoms with Gasteiger partial charge in [-0.05, 0) is 25.0 Å². The number of hydrogen-bond acceptors (Lipinski definition) is 3. The van der Waals surface area contributed by atoms with E-state index < -0.39 is 5.54 Å². The molecule has 6 nitrogen and oxygen atoms in total. The molecule has 4 N–H and O–H groups in total. The van der Waals surface area contributed by atoms with Crippen LogP contribution in [0, 0.1) is 0 Å². The zero-order chi connectivity index (χ0) is 15.6. The number of imidazole rings is 1. The second-order valence-corrected chi connectivity index (χ2v) is 6.07. The number of rotatable bonds is 4. The van der Waals surface area contributed by atoms with Gasteiger partial charge in [0.2, 0.25) is 5.91 Å². The van der Waals surface area contributed by atoms with Gasteiger partial charge in [-0.2, -0.15) is 0 Å². The van der Waals surface area contributed by atoms with Crippen molar-refractivity contribution in [2.45, 2.75) is 44.2 Å². The van der Waals surface area contributed by atoms with Crippen LogP contribution in [0.4, 0.5) is 0 Å². The number of aromatic amines is 1. The van der Waals surface area contributed by atoms with Gasteiger partial charge >= 0.3 is 5.69 Å². The molecule has 0 saturated heterocycles. The third-order valence-corrected chi connectivity index (χ3v) is 4.50. The van der Waals surface area contributed by atoms with E-state index >= 15 is 0 Å². The maximum absolute atomic E-state index is 12.3. The van der Waals surface area contributed by atoms with Crippen LogP contribution in [0.1, 0.15) is 32.1 Å². The number of H-pyrrole nitrogens is 1. The summed E-state index contributed by atoms with van der Waals surface area (Å²) in [6.07, 6.45) is 4.65. The van der Waals surface area contributed by atoms with Crippen molar-refractivity contribution in [2.24, 2.45) is 5.73 Å². The number of nitrogens with one attached hydrogen (secondary N) is 2. The first-order valence-corrected chi connectivity index (χ1v) is 7.85. The number of nitrogens with two attached hydrogens (primary N) is 1. The highest BCUT2D eigenvalue weighted by atomic mass is 35.5. The van der Waals surface area contributed by atoms with Crippen molar-refractivity contribution in [1.82, 2.24) is 14.9 Å². The van der Waals surface area contributed by atoms with Crippen LogP contribution in [-0.4, -0.2) is 27.5 Å². The monoisotopic (exact) mass is 338 g/mol. The van der Waals surface area contributed by atoms with Gasteiger partial charge in [-0.25, -0.2) is 4.79 Å². The first kappa shape index (κ1) is 17.6. The summed E-state index contributed by atoms with van der Waals surface area (Å²) in [5, 5.41) is 2.89. The molecule has 3 rings (SSSR count). The fourth-order valence-corrected chi connectivity index (χ4v) is 3.20. The largest absolute Gasteiger partial charge is 0.353 e. The van der Waals surface area contributed by atoms with Crippen molar-refractivity contribution in [1.29, 1.82) is 0 Å². The van der Waals surface area contributed by atoms with Gasteiger partial charge in [-0.15, -0.1) is 12.4 Å². The second kappa shape index (κ2) is 7.19. The Kier molecular flexibility index (Phi) is 5.49. The van der Waals surface area contributed by atoms with Crippen LogP contribution in [0.15, 0.2) is 29.1 Å². The first-order chi connectivity index (χ1) is 10.6. The Hall–Kier alpha value is -1.79. The zero-order valence-corrected chi connectivity index (χ0v) is 13.8. The van der Waals surface area contributed by atoms with Crippen LogP contribution in [0.5, 0.6) is 0 Å². The summed E-state index contributed by atoms with van der Waals surface area (Å²) in [5.74, 6) is -0.0971. The standard InChI is InChI=1S/C16H22N4O2.ClH/c17-16(8-4-1-5-9-16)14(21)18-10-11-20-13-7-3-2-6-12(13)19-15(20)22;/h2-3,6-7H,1,4-5,8-11,17H2,(H,18,21)(H,19,22);1H. The van der Waals surface area contributed by atoms with E-state index in [0.717, 1.165) is 43.1 Å². The molecule has 2 aromatic rings. The van der Waals surface area contributed by atoms with Crippen molar-refractivity contribution in [3.63, 3.8) is 0 Å². The van der Waals surface area contributed by atoms with Gasteiger partial charge in [0.15, 0.2) is 0 Å². The van der Waals surface area contributed by atoms with Gasteiger partial charge in [0.25, 0.3) is 0 Å². The lowest BCUT2D eigenvalue weighted by Crippen LogP contribution is -2.55. The number of benzene rings is 1. The van der Waals surface area contributed by atoms with E-state index in [9.17, 15) is 9.59 Å². The zero-order valence-electron chi connectivity index (χ0n) is 13.0. The molecule has 0 atom stereocenters. The van der Waals surface area contributed by atoms with E-state index in [4.69, 9.17) is 5.73 Å². The lowest BCUT2D eigenvalue weighted by Gasteiger charge is -2.31. The fraction of sp³-hybridized carbons (Fsp3) is 0.500. The van der Waals surface area contributed by atoms with Crippen LogP contribution in [0.2, 0.25) is 0 Å². The summed E-state index contributed by atoms with van der Waals surface area (Å²) in [4.78, 5) is 27.0. The van der Waals surface area contributed by atoms with E-state index in [-0.39, 0.29) is 24.0 Å². The average molecular weight is 339 g/mol. The van der Waals surface area contributed by atoms with Crippen LogP contribution in [0.3, 0.4) is 0 Å². The van der Waals surface area contributed by atoms with Gasteiger partial charge in [0, 0.05) is 13.1 Å². The molecule has 0 radical (unpaired) electrons. The molecule has 0 aliphatic heterocycles. The molecule has 1 aliphatic carbocycles. The Morgan fingerprint density at radius 2 is 1.96 bits per heavy atom. The van der Waals surface area contributed by atoms with Crippen LogP contribution in [-0.2, 0) is 11.3 Å². The number of para-hydroxylation sites is 2. The minimum Gasteiger partial charge on any atom is -0.353 e. The minimum atomic E-state index is -0.733. The van der Waals surface area contributed by atoms with Gasteiger partial charge in [0.05, 0.1) is 16.6 Å². The summed E-state index contributed by atoms with van der Waals surface area (Å²) < 4.78 is 1.64. The maximum Gasteiger partial charge on any atom is 0.326 e. The molecule has 1 aromatic heterocycles. The fourth-order valence-electron chi connectivity index (χ4n) is 3.20. The SMILES string of the molecule is Cl.NC1(C(=O)NCCn2c(=O)[nH]c3ccccc32)CCCCC1. The van der Waals surface area contributed by atoms with Crippen molar-refractivity contribution >= 4 is 29.3 Å². The highest BCUT2D eigenvalue weighted by Crippen LogP contribution is 2.25. The molecule has 1 amide bonds. The van der Waals surface area contributed by atoms with E-state index in [1.165, 1.54) is 0 Å². The van der Waals surface area contributed by atoms with E-state index in [0.29, 0.717) is 13.1 Å². The second-order valence-electron chi connectivity index (χ2n) is 6.07. The molecule has 1 fully saturated rings. The van der Waals surface area contributed by atoms with Crippen LogP contribution in [0.25, 0.3) is 11.0 Å². The number of nitrogens with zero attached hydrogens (tertiary/aromatic N) is 1. The number of fused-ring (bicyclic) bond motifs is 1. The molecule has 7 heteroatoms. The van der Waals surface area contributed by atoms with Crippen LogP contribution < -0.4 is 16.7 Å². The summed E-state index contributed by atoms with van der Waals surface area (Å²) >= 11 is 0. The van der Waals surface area contributed by atoms with Gasteiger partial charge in [-0.3, -0.25) is 9.36 Å². The molecule has 0 unspecified atom stereocenters. The Morgan fingerprint density at radius 1 is 1.26 bits per heavy atom. The molecule has 1 saturated carbocycles. The highest BCUT2D eigenvalue weighted by Gasteiger charge is 2.34. The number of carbonyl (C=O) groups excluding carboxylic acids is 1. The number of halogens is 1. The normalized spacial score (nSPS) is 16.7. The number of hydrogen-bond donors (Lipinski definition) is 3. The van der Waals surface area contributed by atoms with Crippen molar-refractivity contribution in [3.8, 4) is 0 Å². The highest BCUT2D eigenvalue weighted by molar-refractivity contribution is 5.86. The van der Waals surface area contributed by atoms with Gasteiger partial charge in [-0.1, -0.05) is 31.4 Å². The smallest absolute Gasteiger partial charge is 0.326 e. The number of carbonyl (C=O) groups is 1. The van der Waals surface area contributed by atoms with Gasteiger partial charge < -0.3 is 16.0 Å². The lowest BCUT2D eigenvalue weighted by molar-refractivity contribution is -0.127. The molecular weight excluding hydrogens is 316 g/mol. The molecule has 1 heterocycles. The van der Waals surface area contributed by atoms with E-state index in [2.05, 4.69) is 10.3 Å². The van der Waals surface area contributed by atoms with Crippen molar-refractivity contribution in [3.05, 3.63) is 34.7 Å². The molecule has 0 bridgehead atoms. The number of amides is 1. The van der Waals surface area contributed by atoms with Crippen molar-refractivity contribution in [2.75, 3.05) is 6.54 Å². The summed E-state index contributed by atoms with van der Waals surface area (Å²) in [6.45, 7) is 0.838. The number of aromatic nitrogens is 2. The predicted molar refractivity (Wildman–Crippen MR) is 92.8 cm³/mol. The Bertz CT molecular complexity index is 731. The molecule has 23 heavy (non-hydrogen) atoms. The Morgan fingerprint density at radius 3 is 2.70 bits per heavy atom. The molecular formula is C16H23ClN4O2. The van der Waals surface area contributed by atoms with Crippen LogP contribution >= 0.6 is 12.4 Å². The lowest BCUT2D eigenvalue weighted by atomic mass is 9.82. The third kappa shape index (κ3) is 3.59. The maximum atomic E-state index is 12.3.